The summed E-state index contributed by atoms with van der Waals surface area (Å²) in [5, 5.41) is 14.0. The molecule has 2 amide bonds. The topological polar surface area (TPSA) is 110 Å². The number of benzene rings is 2. The summed E-state index contributed by atoms with van der Waals surface area (Å²) in [7, 11) is 0. The minimum atomic E-state index is -1.21. The molecule has 3 aliphatic heterocycles. The van der Waals surface area contributed by atoms with Crippen LogP contribution in [0.3, 0.4) is 0 Å². The Balaban J connectivity index is 1.40. The fourth-order valence-corrected chi connectivity index (χ4v) is 9.25. The van der Waals surface area contributed by atoms with Gasteiger partial charge in [-0.15, -0.1) is 11.8 Å². The Labute approximate surface area is 263 Å². The van der Waals surface area contributed by atoms with Gasteiger partial charge in [-0.05, 0) is 61.3 Å². The molecule has 9 nitrogen and oxygen atoms in total. The first kappa shape index (κ1) is 30.1. The normalized spacial score (nSPS) is 28.9. The van der Waals surface area contributed by atoms with E-state index in [1.807, 2.05) is 0 Å². The van der Waals surface area contributed by atoms with E-state index in [1.54, 1.807) is 18.2 Å². The van der Waals surface area contributed by atoms with Gasteiger partial charge in [-0.2, -0.15) is 0 Å². The number of imide groups is 1. The van der Waals surface area contributed by atoms with Gasteiger partial charge in [0.15, 0.2) is 11.9 Å². The van der Waals surface area contributed by atoms with Gasteiger partial charge < -0.3 is 0 Å². The number of carbonyl (C=O) groups excluding carboxylic acids is 3. The van der Waals surface area contributed by atoms with Crippen LogP contribution in [0, 0.1) is 33.3 Å². The number of carbonyl (C=O) groups is 3. The monoisotopic (exact) mass is 643 g/mol. The number of nitro groups is 1. The van der Waals surface area contributed by atoms with E-state index < -0.39 is 34.8 Å². The highest BCUT2D eigenvalue weighted by molar-refractivity contribution is 8.04. The van der Waals surface area contributed by atoms with Crippen LogP contribution in [-0.4, -0.2) is 38.8 Å². The number of amides is 2. The lowest BCUT2D eigenvalue weighted by Crippen LogP contribution is -2.36. The molecule has 0 radical (unpaired) electrons. The molecule has 4 aliphatic rings. The SMILES string of the molecule is CC(=O)C1=C(N2C(=O)[C@H]3[C@H](ON(c4cccc([N+](=O)[O-])c4)[C@H]3c3ccc(Cl)cc3Cl)C2=O)S[C@@H]2C[C@@H](C(C)(C)C)CC[C@H]12. The number of nitrogens with zero attached hydrogens (tertiary/aromatic N) is 3. The summed E-state index contributed by atoms with van der Waals surface area (Å²) in [4.78, 5) is 59.8. The first-order chi connectivity index (χ1) is 20.3. The van der Waals surface area contributed by atoms with Crippen LogP contribution in [0.15, 0.2) is 53.1 Å². The molecule has 2 saturated heterocycles. The van der Waals surface area contributed by atoms with Crippen molar-refractivity contribution in [2.45, 2.75) is 64.4 Å². The summed E-state index contributed by atoms with van der Waals surface area (Å²) in [6.07, 6.45) is 1.47. The summed E-state index contributed by atoms with van der Waals surface area (Å²) in [6.45, 7) is 8.16. The van der Waals surface area contributed by atoms with Crippen molar-refractivity contribution in [1.82, 2.24) is 4.90 Å². The standard InChI is InChI=1S/C31H31Cl2N3O6S/c1-15(37)24-21-10-8-16(31(2,3)4)12-23(21)43-30(24)34-28(38)25-26(20-11-9-17(32)13-22(20)33)35(42-27(25)29(34)39)18-6-5-7-19(14-18)36(40)41/h5-7,9,11,13-14,16,21,23,25-27H,8,10,12H2,1-4H3/t16-,21-,23+,25+,26-,27-/m0/s1. The Morgan fingerprint density at radius 1 is 1.09 bits per heavy atom. The molecule has 1 saturated carbocycles. The maximum atomic E-state index is 14.4. The number of non-ortho nitro benzene ring substituents is 1. The molecular weight excluding hydrogens is 613 g/mol. The molecule has 0 N–H and O–H groups in total. The summed E-state index contributed by atoms with van der Waals surface area (Å²) >= 11 is 14.3. The molecule has 226 valence electrons. The van der Waals surface area contributed by atoms with E-state index in [4.69, 9.17) is 28.0 Å². The van der Waals surface area contributed by atoms with Crippen LogP contribution in [-0.2, 0) is 19.2 Å². The van der Waals surface area contributed by atoms with Crippen molar-refractivity contribution in [1.29, 1.82) is 0 Å². The van der Waals surface area contributed by atoms with E-state index in [0.29, 0.717) is 32.8 Å². The molecular formula is C31H31Cl2N3O6S. The third-order valence-electron chi connectivity index (χ3n) is 9.15. The molecule has 0 bridgehead atoms. The average molecular weight is 645 g/mol. The highest BCUT2D eigenvalue weighted by Crippen LogP contribution is 2.57. The van der Waals surface area contributed by atoms with Gasteiger partial charge in [-0.1, -0.05) is 56.1 Å². The molecule has 2 aromatic carbocycles. The second-order valence-corrected chi connectivity index (χ2v) is 14.8. The highest BCUT2D eigenvalue weighted by Gasteiger charge is 2.62. The zero-order valence-corrected chi connectivity index (χ0v) is 26.4. The van der Waals surface area contributed by atoms with E-state index in [1.165, 1.54) is 48.0 Å². The molecule has 0 aromatic heterocycles. The number of likely N-dealkylation sites (tertiary alicyclic amines) is 1. The number of Topliss-reactive ketones (excluding diaryl/α,β-unsaturated/α-hetero) is 1. The average Bonchev–Trinajstić information content (AvgIpc) is 3.58. The summed E-state index contributed by atoms with van der Waals surface area (Å²) < 4.78 is 0. The number of hydrogen-bond donors (Lipinski definition) is 0. The van der Waals surface area contributed by atoms with Crippen molar-refractivity contribution in [2.75, 3.05) is 5.06 Å². The predicted octanol–water partition coefficient (Wildman–Crippen LogP) is 7.13. The smallest absolute Gasteiger partial charge is 0.271 e. The van der Waals surface area contributed by atoms with Gasteiger partial charge in [-0.25, -0.2) is 9.96 Å². The number of thioether (sulfide) groups is 1. The van der Waals surface area contributed by atoms with Crippen molar-refractivity contribution in [3.8, 4) is 0 Å². The lowest BCUT2D eigenvalue weighted by Gasteiger charge is -2.39. The van der Waals surface area contributed by atoms with Crippen LogP contribution in [0.25, 0.3) is 0 Å². The predicted molar refractivity (Wildman–Crippen MR) is 164 cm³/mol. The van der Waals surface area contributed by atoms with Gasteiger partial charge in [0.1, 0.15) is 5.92 Å². The molecule has 6 atom stereocenters. The fraction of sp³-hybridized carbons (Fsp3) is 0.452. The van der Waals surface area contributed by atoms with E-state index in [0.717, 1.165) is 24.2 Å². The summed E-state index contributed by atoms with van der Waals surface area (Å²) in [5.41, 5.74) is 1.25. The van der Waals surface area contributed by atoms with Crippen molar-refractivity contribution >= 4 is 63.9 Å². The summed E-state index contributed by atoms with van der Waals surface area (Å²) in [5.74, 6) is -1.78. The number of allylic oxidation sites excluding steroid dienone is 1. The fourth-order valence-electron chi connectivity index (χ4n) is 6.97. The number of nitro benzene ring substituents is 1. The van der Waals surface area contributed by atoms with Crippen molar-refractivity contribution in [3.63, 3.8) is 0 Å². The minimum Gasteiger partial charge on any atom is -0.295 e. The Morgan fingerprint density at radius 2 is 1.84 bits per heavy atom. The van der Waals surface area contributed by atoms with Gasteiger partial charge in [0, 0.05) is 38.9 Å². The molecule has 0 spiro atoms. The molecule has 1 aliphatic carbocycles. The second kappa shape index (κ2) is 10.9. The number of fused-ring (bicyclic) bond motifs is 2. The van der Waals surface area contributed by atoms with Crippen LogP contribution in [0.1, 0.15) is 58.6 Å². The number of ketones is 1. The van der Waals surface area contributed by atoms with Gasteiger partial charge in [0.2, 0.25) is 5.91 Å². The number of halogens is 2. The van der Waals surface area contributed by atoms with Gasteiger partial charge in [0.25, 0.3) is 11.6 Å². The molecule has 2 aromatic rings. The molecule has 43 heavy (non-hydrogen) atoms. The highest BCUT2D eigenvalue weighted by atomic mass is 35.5. The van der Waals surface area contributed by atoms with E-state index >= 15 is 0 Å². The van der Waals surface area contributed by atoms with Crippen LogP contribution in [0.4, 0.5) is 11.4 Å². The van der Waals surface area contributed by atoms with E-state index in [-0.39, 0.29) is 33.1 Å². The van der Waals surface area contributed by atoms with Crippen molar-refractivity contribution in [2.24, 2.45) is 23.2 Å². The maximum Gasteiger partial charge on any atom is 0.271 e. The number of anilines is 1. The first-order valence-corrected chi connectivity index (χ1v) is 15.9. The van der Waals surface area contributed by atoms with Gasteiger partial charge >= 0.3 is 0 Å². The maximum absolute atomic E-state index is 14.4. The third-order valence-corrected chi connectivity index (χ3v) is 11.2. The quantitative estimate of drug-likeness (QED) is 0.192. The Kier molecular flexibility index (Phi) is 7.64. The Hall–Kier alpha value is -2.92. The number of rotatable bonds is 5. The largest absolute Gasteiger partial charge is 0.295 e. The zero-order chi connectivity index (χ0) is 31.0. The lowest BCUT2D eigenvalue weighted by atomic mass is 9.68. The van der Waals surface area contributed by atoms with Gasteiger partial charge in [-0.3, -0.25) is 29.3 Å². The summed E-state index contributed by atoms with van der Waals surface area (Å²) in [6, 6.07) is 9.72. The third kappa shape index (κ3) is 5.06. The van der Waals surface area contributed by atoms with E-state index in [9.17, 15) is 24.5 Å². The van der Waals surface area contributed by atoms with Crippen LogP contribution >= 0.6 is 35.0 Å². The zero-order valence-electron chi connectivity index (χ0n) is 24.1. The Morgan fingerprint density at radius 3 is 2.49 bits per heavy atom. The van der Waals surface area contributed by atoms with Crippen LogP contribution in [0.5, 0.6) is 0 Å². The van der Waals surface area contributed by atoms with E-state index in [2.05, 4.69) is 20.8 Å². The van der Waals surface area contributed by atoms with Crippen molar-refractivity contribution < 1.29 is 24.1 Å². The van der Waals surface area contributed by atoms with Gasteiger partial charge in [0.05, 0.1) is 21.7 Å². The number of hydroxylamine groups is 1. The molecule has 12 heteroatoms. The minimum absolute atomic E-state index is 0.0269. The van der Waals surface area contributed by atoms with Crippen LogP contribution in [0.2, 0.25) is 10.0 Å². The van der Waals surface area contributed by atoms with Crippen LogP contribution < -0.4 is 5.06 Å². The molecule has 3 fully saturated rings. The molecule has 6 rings (SSSR count). The molecule has 3 heterocycles. The second-order valence-electron chi connectivity index (χ2n) is 12.7. The Bertz CT molecular complexity index is 1590. The first-order valence-electron chi connectivity index (χ1n) is 14.2. The number of hydrogen-bond acceptors (Lipinski definition) is 8. The molecule has 0 unspecified atom stereocenters. The van der Waals surface area contributed by atoms with Crippen molar-refractivity contribution in [3.05, 3.63) is 78.8 Å². The lowest BCUT2D eigenvalue weighted by molar-refractivity contribution is -0.384.